The second-order valence-corrected chi connectivity index (χ2v) is 17.9. The lowest BCUT2D eigenvalue weighted by atomic mass is 9.76. The molecule has 5 aliphatic rings. The van der Waals surface area contributed by atoms with E-state index in [1.165, 1.54) is 39.0 Å². The average molecular weight is 764 g/mol. The average Bonchev–Trinajstić information content (AvgIpc) is 3.78. The van der Waals surface area contributed by atoms with Crippen LogP contribution in [-0.4, -0.2) is 111 Å². The van der Waals surface area contributed by atoms with E-state index < -0.39 is 33.6 Å². The monoisotopic (exact) mass is 763 g/mol. The van der Waals surface area contributed by atoms with Crippen molar-refractivity contribution >= 4 is 39.1 Å². The van der Waals surface area contributed by atoms with Gasteiger partial charge in [-0.05, 0) is 80.4 Å². The van der Waals surface area contributed by atoms with Crippen LogP contribution in [0.15, 0.2) is 52.6 Å². The second-order valence-electron chi connectivity index (χ2n) is 16.1. The fourth-order valence-corrected chi connectivity index (χ4v) is 9.59. The Morgan fingerprint density at radius 3 is 2.41 bits per heavy atom. The van der Waals surface area contributed by atoms with E-state index in [2.05, 4.69) is 26.3 Å². The number of fused-ring (bicyclic) bond motifs is 6. The van der Waals surface area contributed by atoms with Gasteiger partial charge in [0.2, 0.25) is 0 Å². The lowest BCUT2D eigenvalue weighted by Crippen LogP contribution is -2.52. The van der Waals surface area contributed by atoms with Crippen LogP contribution in [0.5, 0.6) is 5.75 Å². The number of esters is 1. The van der Waals surface area contributed by atoms with Crippen molar-refractivity contribution in [1.29, 1.82) is 0 Å². The fourth-order valence-electron chi connectivity index (χ4n) is 8.78. The van der Waals surface area contributed by atoms with Gasteiger partial charge >= 0.3 is 22.3 Å². The number of carbonyl (C=O) groups excluding carboxylic acids is 3. The van der Waals surface area contributed by atoms with Crippen LogP contribution in [0, 0.1) is 5.92 Å². The highest BCUT2D eigenvalue weighted by atomic mass is 32.2. The minimum Gasteiger partial charge on any atom is -0.496 e. The Kier molecular flexibility index (Phi) is 10.5. The maximum atomic E-state index is 14.0. The van der Waals surface area contributed by atoms with E-state index in [9.17, 15) is 22.8 Å². The molecule has 2 amide bonds. The van der Waals surface area contributed by atoms with Crippen LogP contribution in [0.4, 0.5) is 4.79 Å². The van der Waals surface area contributed by atoms with Crippen molar-refractivity contribution in [2.45, 2.75) is 83.3 Å². The molecule has 2 fully saturated rings. The summed E-state index contributed by atoms with van der Waals surface area (Å²) in [6, 6.07) is 6.34. The number of hydrogen-bond acceptors (Lipinski definition) is 9. The Bertz CT molecular complexity index is 2040. The number of methoxy groups -OCH3 is 2. The number of ether oxygens (including phenoxy) is 3. The number of benzene rings is 1. The Labute approximate surface area is 318 Å². The van der Waals surface area contributed by atoms with Gasteiger partial charge in [-0.15, -0.1) is 0 Å². The van der Waals surface area contributed by atoms with E-state index in [1.807, 2.05) is 39.0 Å². The third-order valence-electron chi connectivity index (χ3n) is 11.6. The van der Waals surface area contributed by atoms with Crippen molar-refractivity contribution in [3.05, 3.63) is 63.9 Å². The number of amides is 2. The molecule has 1 saturated carbocycles. The van der Waals surface area contributed by atoms with Gasteiger partial charge in [0, 0.05) is 69.9 Å². The normalized spacial score (nSPS) is 22.1. The highest BCUT2D eigenvalue weighted by Gasteiger charge is 2.48. The van der Waals surface area contributed by atoms with Gasteiger partial charge in [-0.1, -0.05) is 37.5 Å². The number of hydrogen-bond donors (Lipinski definition) is 1. The summed E-state index contributed by atoms with van der Waals surface area (Å²) in [4.78, 5) is 43.5. The molecule has 0 radical (unpaired) electrons. The molecule has 2 aromatic rings. The van der Waals surface area contributed by atoms with Crippen LogP contribution in [0.1, 0.15) is 82.4 Å². The maximum absolute atomic E-state index is 14.0. The molecule has 3 aliphatic carbocycles. The van der Waals surface area contributed by atoms with Gasteiger partial charge in [-0.3, -0.25) is 14.5 Å². The summed E-state index contributed by atoms with van der Waals surface area (Å²) in [6.45, 7) is 8.59. The molecular formula is C40H53N5O8S. The highest BCUT2D eigenvalue weighted by molar-refractivity contribution is 7.87. The zero-order valence-electron chi connectivity index (χ0n) is 32.3. The third-order valence-corrected chi connectivity index (χ3v) is 13.1. The van der Waals surface area contributed by atoms with Crippen molar-refractivity contribution in [2.24, 2.45) is 5.92 Å². The number of piperazine rings is 1. The number of carbonyl (C=O) groups is 3. The van der Waals surface area contributed by atoms with E-state index in [4.69, 9.17) is 14.2 Å². The smallest absolute Gasteiger partial charge is 0.410 e. The van der Waals surface area contributed by atoms with E-state index in [0.29, 0.717) is 57.2 Å². The Morgan fingerprint density at radius 2 is 1.74 bits per heavy atom. The first-order valence-corrected chi connectivity index (χ1v) is 20.6. The summed E-state index contributed by atoms with van der Waals surface area (Å²) < 4.78 is 49.5. The van der Waals surface area contributed by atoms with Crippen LogP contribution in [0.3, 0.4) is 0 Å². The molecule has 14 heteroatoms. The van der Waals surface area contributed by atoms with E-state index >= 15 is 0 Å². The predicted octanol–water partition coefficient (Wildman–Crippen LogP) is 5.00. The molecule has 2 atom stereocenters. The molecule has 1 N–H and O–H groups in total. The van der Waals surface area contributed by atoms with Gasteiger partial charge in [-0.25, -0.2) is 9.52 Å². The van der Waals surface area contributed by atoms with Crippen LogP contribution in [0.25, 0.3) is 10.9 Å². The zero-order valence-corrected chi connectivity index (χ0v) is 33.1. The Morgan fingerprint density at radius 1 is 1.02 bits per heavy atom. The quantitative estimate of drug-likeness (QED) is 0.350. The maximum Gasteiger partial charge on any atom is 0.410 e. The molecule has 7 rings (SSSR count). The predicted molar refractivity (Wildman–Crippen MR) is 204 cm³/mol. The molecule has 2 aliphatic heterocycles. The van der Waals surface area contributed by atoms with Crippen LogP contribution < -0.4 is 9.46 Å². The summed E-state index contributed by atoms with van der Waals surface area (Å²) in [5, 5.41) is 0.972. The molecule has 0 bridgehead atoms. The molecule has 1 unspecified atom stereocenters. The largest absolute Gasteiger partial charge is 0.496 e. The lowest BCUT2D eigenvalue weighted by molar-refractivity contribution is -0.146. The molecule has 54 heavy (non-hydrogen) atoms. The molecule has 1 aromatic heterocycles. The first-order chi connectivity index (χ1) is 25.7. The van der Waals surface area contributed by atoms with Crippen molar-refractivity contribution in [1.82, 2.24) is 23.4 Å². The van der Waals surface area contributed by atoms with Gasteiger partial charge < -0.3 is 23.7 Å². The minimum atomic E-state index is -4.18. The van der Waals surface area contributed by atoms with Crippen LogP contribution >= 0.6 is 0 Å². The molecular weight excluding hydrogens is 711 g/mol. The number of rotatable bonds is 9. The van der Waals surface area contributed by atoms with E-state index in [1.54, 1.807) is 12.0 Å². The fraction of sp³-hybridized carbons (Fsp3) is 0.575. The number of nitrogens with zero attached hydrogens (tertiary/aromatic N) is 4. The van der Waals surface area contributed by atoms with Gasteiger partial charge in [0.25, 0.3) is 5.91 Å². The number of nitrogens with one attached hydrogen (secondary N) is 1. The molecule has 0 spiro atoms. The molecule has 292 valence electrons. The summed E-state index contributed by atoms with van der Waals surface area (Å²) in [5.41, 5.74) is 5.36. The molecule has 3 heterocycles. The first-order valence-electron chi connectivity index (χ1n) is 19.1. The second kappa shape index (κ2) is 14.8. The third kappa shape index (κ3) is 7.32. The van der Waals surface area contributed by atoms with Gasteiger partial charge in [-0.2, -0.15) is 12.7 Å². The van der Waals surface area contributed by atoms with Crippen LogP contribution in [0.2, 0.25) is 0 Å². The Hall–Kier alpha value is -4.14. The summed E-state index contributed by atoms with van der Waals surface area (Å²) in [5.74, 6) is -0.786. The number of likely N-dealkylation sites (N-methyl/N-ethyl adjacent to an activating group) is 1. The molecule has 13 nitrogen and oxygen atoms in total. The van der Waals surface area contributed by atoms with Gasteiger partial charge in [0.15, 0.2) is 0 Å². The molecule has 1 aromatic carbocycles. The first kappa shape index (κ1) is 38.1. The van der Waals surface area contributed by atoms with Crippen molar-refractivity contribution in [3.8, 4) is 5.75 Å². The summed E-state index contributed by atoms with van der Waals surface area (Å²) >= 11 is 0. The zero-order chi connectivity index (χ0) is 38.5. The summed E-state index contributed by atoms with van der Waals surface area (Å²) in [6.07, 6.45) is 9.80. The van der Waals surface area contributed by atoms with E-state index in [0.717, 1.165) is 56.2 Å². The van der Waals surface area contributed by atoms with Crippen molar-refractivity contribution in [2.75, 3.05) is 60.5 Å². The highest BCUT2D eigenvalue weighted by Crippen LogP contribution is 2.55. The lowest BCUT2D eigenvalue weighted by Gasteiger charge is -2.36. The van der Waals surface area contributed by atoms with Crippen LogP contribution in [-0.2, 0) is 35.8 Å². The number of aromatic nitrogens is 1. The van der Waals surface area contributed by atoms with Gasteiger partial charge in [0.1, 0.15) is 11.4 Å². The molecule has 1 saturated heterocycles. The van der Waals surface area contributed by atoms with Gasteiger partial charge in [0.05, 0.1) is 31.2 Å². The standard InChI is InChI=1S/C40H53N5O8S/c1-40(2,3)53-39(48)44-21-19-43(20-22-44)18-17-42(4)54(49,50)41-37(46)35-30-24-45-31(33-27(34(30)35)13-10-14-28(33)38(47)52-6)23-29-32(51-5)16-15-26(36(29)45)25-11-8-7-9-12-25/h10,13,15-16,23,25,28,33H,7-9,11-12,14,17-22,24H2,1-6H3,(H,41,46)/t28-,33?/m1/s1. The number of allylic oxidation sites excluding steroid dienone is 4. The Balaban J connectivity index is 1.13. The SMILES string of the molecule is COC(=O)[C@@H]1CC=CC2=C3C(=C3C(=O)NS(=O)(=O)N(C)CCN3CCN(C(=O)OC(C)(C)C)CC3)Cn3c(cc4c(OC)ccc(C5CCCCC5)c43)C21. The van der Waals surface area contributed by atoms with Crippen molar-refractivity contribution in [3.63, 3.8) is 0 Å². The minimum absolute atomic E-state index is 0.158. The van der Waals surface area contributed by atoms with Crippen molar-refractivity contribution < 1.29 is 37.0 Å². The summed E-state index contributed by atoms with van der Waals surface area (Å²) in [7, 11) is 0.334. The topological polar surface area (TPSA) is 140 Å². The van der Waals surface area contributed by atoms with E-state index in [-0.39, 0.29) is 18.6 Å².